The van der Waals surface area contributed by atoms with Crippen molar-refractivity contribution < 1.29 is 9.90 Å². The standard InChI is InChI=1S/C18H22O2/c1-18-9-8-14-13-5-3-12(19)10-11(13)2-4-15(14)16(18)6-7-17(18)20/h2-5,11,14-16,19H,6-10H2,1H3/t11?,14?,15?,16-,18-/m0/s1. The number of carbonyl (C=O) groups excluding carboxylic acids is 1. The lowest BCUT2D eigenvalue weighted by atomic mass is 9.55. The van der Waals surface area contributed by atoms with Gasteiger partial charge in [-0.2, -0.15) is 0 Å². The minimum Gasteiger partial charge on any atom is -0.512 e. The highest BCUT2D eigenvalue weighted by Crippen LogP contribution is 2.58. The van der Waals surface area contributed by atoms with Crippen molar-refractivity contribution in [1.29, 1.82) is 0 Å². The van der Waals surface area contributed by atoms with Gasteiger partial charge in [0.2, 0.25) is 0 Å². The average Bonchev–Trinajstić information content (AvgIpc) is 2.74. The summed E-state index contributed by atoms with van der Waals surface area (Å²) in [4.78, 5) is 12.2. The summed E-state index contributed by atoms with van der Waals surface area (Å²) < 4.78 is 0. The van der Waals surface area contributed by atoms with Gasteiger partial charge >= 0.3 is 0 Å². The molecule has 0 bridgehead atoms. The zero-order valence-electron chi connectivity index (χ0n) is 12.0. The van der Waals surface area contributed by atoms with E-state index in [4.69, 9.17) is 0 Å². The van der Waals surface area contributed by atoms with Gasteiger partial charge in [-0.25, -0.2) is 0 Å². The van der Waals surface area contributed by atoms with E-state index < -0.39 is 0 Å². The van der Waals surface area contributed by atoms with Crippen molar-refractivity contribution in [2.24, 2.45) is 29.1 Å². The van der Waals surface area contributed by atoms with Crippen LogP contribution in [-0.2, 0) is 4.79 Å². The minimum absolute atomic E-state index is 0.0639. The van der Waals surface area contributed by atoms with Crippen LogP contribution < -0.4 is 0 Å². The number of ketones is 1. The molecule has 2 fully saturated rings. The van der Waals surface area contributed by atoms with Crippen LogP contribution in [0.15, 0.2) is 35.6 Å². The first-order valence-electron chi connectivity index (χ1n) is 7.91. The number of carbonyl (C=O) groups is 1. The summed E-state index contributed by atoms with van der Waals surface area (Å²) in [6, 6.07) is 0. The summed E-state index contributed by atoms with van der Waals surface area (Å²) in [6.45, 7) is 2.20. The lowest BCUT2D eigenvalue weighted by Crippen LogP contribution is -2.43. The first-order chi connectivity index (χ1) is 9.59. The molecule has 0 aliphatic heterocycles. The molecule has 0 radical (unpaired) electrons. The predicted molar refractivity (Wildman–Crippen MR) is 78.1 cm³/mol. The van der Waals surface area contributed by atoms with Crippen LogP contribution in [-0.4, -0.2) is 10.9 Å². The lowest BCUT2D eigenvalue weighted by molar-refractivity contribution is -0.129. The highest BCUT2D eigenvalue weighted by atomic mass is 16.3. The van der Waals surface area contributed by atoms with Gasteiger partial charge in [-0.05, 0) is 43.1 Å². The molecule has 4 rings (SSSR count). The molecular formula is C18H22O2. The highest BCUT2D eigenvalue weighted by Gasteiger charge is 2.54. The fourth-order valence-electron chi connectivity index (χ4n) is 5.19. The van der Waals surface area contributed by atoms with Crippen molar-refractivity contribution in [3.05, 3.63) is 35.6 Å². The molecule has 0 saturated heterocycles. The number of hydrogen-bond acceptors (Lipinski definition) is 2. The van der Waals surface area contributed by atoms with Gasteiger partial charge in [0.15, 0.2) is 0 Å². The molecule has 0 aromatic carbocycles. The smallest absolute Gasteiger partial charge is 0.139 e. The number of aliphatic hydroxyl groups excluding tert-OH is 1. The number of allylic oxidation sites excluding steroid dienone is 6. The quantitative estimate of drug-likeness (QED) is 0.677. The van der Waals surface area contributed by atoms with Crippen LogP contribution in [0.4, 0.5) is 0 Å². The molecule has 4 aliphatic rings. The summed E-state index contributed by atoms with van der Waals surface area (Å²) in [5.74, 6) is 3.05. The van der Waals surface area contributed by atoms with Gasteiger partial charge in [-0.3, -0.25) is 4.79 Å². The van der Waals surface area contributed by atoms with E-state index in [1.54, 1.807) is 0 Å². The molecule has 3 unspecified atom stereocenters. The van der Waals surface area contributed by atoms with Crippen molar-refractivity contribution in [3.8, 4) is 0 Å². The van der Waals surface area contributed by atoms with Crippen molar-refractivity contribution in [2.45, 2.75) is 39.0 Å². The van der Waals surface area contributed by atoms with Crippen molar-refractivity contribution in [1.82, 2.24) is 0 Å². The van der Waals surface area contributed by atoms with Gasteiger partial charge in [-0.15, -0.1) is 0 Å². The summed E-state index contributed by atoms with van der Waals surface area (Å²) >= 11 is 0. The number of aliphatic hydroxyl groups is 1. The third-order valence-corrected chi connectivity index (χ3v) is 6.36. The maximum atomic E-state index is 12.2. The van der Waals surface area contributed by atoms with Gasteiger partial charge in [0, 0.05) is 24.2 Å². The van der Waals surface area contributed by atoms with Crippen molar-refractivity contribution in [2.75, 3.05) is 0 Å². The van der Waals surface area contributed by atoms with Gasteiger partial charge in [0.25, 0.3) is 0 Å². The Balaban J connectivity index is 1.72. The molecular weight excluding hydrogens is 248 g/mol. The van der Waals surface area contributed by atoms with E-state index in [0.717, 1.165) is 32.1 Å². The van der Waals surface area contributed by atoms with E-state index in [0.29, 0.717) is 35.2 Å². The Kier molecular flexibility index (Phi) is 2.55. The molecule has 5 atom stereocenters. The number of hydrogen-bond donors (Lipinski definition) is 1. The Morgan fingerprint density at radius 2 is 2.10 bits per heavy atom. The molecule has 4 aliphatic carbocycles. The van der Waals surface area contributed by atoms with Crippen LogP contribution in [0.2, 0.25) is 0 Å². The predicted octanol–water partition coefficient (Wildman–Crippen LogP) is 3.96. The Morgan fingerprint density at radius 1 is 1.25 bits per heavy atom. The number of rotatable bonds is 0. The largest absolute Gasteiger partial charge is 0.512 e. The molecule has 0 amide bonds. The first kappa shape index (κ1) is 12.4. The Morgan fingerprint density at radius 3 is 2.95 bits per heavy atom. The molecule has 2 heteroatoms. The maximum absolute atomic E-state index is 12.2. The van der Waals surface area contributed by atoms with E-state index in [1.807, 2.05) is 6.08 Å². The van der Waals surface area contributed by atoms with Crippen LogP contribution in [0.1, 0.15) is 39.0 Å². The molecule has 0 spiro atoms. The van der Waals surface area contributed by atoms with Gasteiger partial charge in [-0.1, -0.05) is 30.7 Å². The number of Topliss-reactive ketones (excluding diaryl/α,β-unsaturated/α-hetero) is 1. The molecule has 0 heterocycles. The minimum atomic E-state index is -0.0639. The van der Waals surface area contributed by atoms with E-state index in [-0.39, 0.29) is 5.41 Å². The zero-order chi connectivity index (χ0) is 13.9. The summed E-state index contributed by atoms with van der Waals surface area (Å²) in [5, 5.41) is 9.71. The topological polar surface area (TPSA) is 37.3 Å². The first-order valence-corrected chi connectivity index (χ1v) is 7.91. The third kappa shape index (κ3) is 1.54. The van der Waals surface area contributed by atoms with Gasteiger partial charge in [0.1, 0.15) is 5.78 Å². The van der Waals surface area contributed by atoms with E-state index in [1.165, 1.54) is 5.57 Å². The highest BCUT2D eigenvalue weighted by molar-refractivity contribution is 5.87. The maximum Gasteiger partial charge on any atom is 0.139 e. The number of fused-ring (bicyclic) bond motifs is 5. The van der Waals surface area contributed by atoms with Crippen LogP contribution in [0.5, 0.6) is 0 Å². The van der Waals surface area contributed by atoms with E-state index in [9.17, 15) is 9.90 Å². The molecule has 0 aromatic rings. The fraction of sp³-hybridized carbons (Fsp3) is 0.611. The van der Waals surface area contributed by atoms with Gasteiger partial charge in [0.05, 0.1) is 5.76 Å². The molecule has 20 heavy (non-hydrogen) atoms. The van der Waals surface area contributed by atoms with E-state index in [2.05, 4.69) is 25.2 Å². The fourth-order valence-corrected chi connectivity index (χ4v) is 5.19. The van der Waals surface area contributed by atoms with Gasteiger partial charge < -0.3 is 5.11 Å². The summed E-state index contributed by atoms with van der Waals surface area (Å²) in [5.41, 5.74) is 1.43. The molecule has 2 saturated carbocycles. The average molecular weight is 270 g/mol. The van der Waals surface area contributed by atoms with Crippen LogP contribution >= 0.6 is 0 Å². The second-order valence-electron chi connectivity index (χ2n) is 7.23. The SMILES string of the molecule is C[C@]12CCC3C4=CC=C(O)CC4C=CC3[C@@H]1CCC2=O. The molecule has 2 nitrogen and oxygen atoms in total. The molecule has 0 aromatic heterocycles. The Hall–Kier alpha value is -1.31. The Labute approximate surface area is 120 Å². The monoisotopic (exact) mass is 270 g/mol. The summed E-state index contributed by atoms with van der Waals surface area (Å²) in [7, 11) is 0. The Bertz CT molecular complexity index is 554. The normalized spacial score (nSPS) is 46.1. The molecule has 106 valence electrons. The zero-order valence-corrected chi connectivity index (χ0v) is 12.0. The van der Waals surface area contributed by atoms with Crippen LogP contribution in [0.25, 0.3) is 0 Å². The second-order valence-corrected chi connectivity index (χ2v) is 7.23. The third-order valence-electron chi connectivity index (χ3n) is 6.36. The van der Waals surface area contributed by atoms with E-state index >= 15 is 0 Å². The molecule has 1 N–H and O–H groups in total. The van der Waals surface area contributed by atoms with Crippen LogP contribution in [0.3, 0.4) is 0 Å². The van der Waals surface area contributed by atoms with Crippen molar-refractivity contribution in [3.63, 3.8) is 0 Å². The van der Waals surface area contributed by atoms with Crippen molar-refractivity contribution >= 4 is 5.78 Å². The van der Waals surface area contributed by atoms with Crippen LogP contribution in [0, 0.1) is 29.1 Å². The second kappa shape index (κ2) is 4.09. The lowest BCUT2D eigenvalue weighted by Gasteiger charge is -2.48. The summed E-state index contributed by atoms with van der Waals surface area (Å²) in [6.07, 6.45) is 13.4.